The number of nitrogens with one attached hydrogen (secondary N) is 1. The van der Waals surface area contributed by atoms with Gasteiger partial charge < -0.3 is 5.32 Å². The van der Waals surface area contributed by atoms with E-state index < -0.39 is 12.1 Å². The van der Waals surface area contributed by atoms with Gasteiger partial charge in [0.15, 0.2) is 0 Å². The predicted molar refractivity (Wildman–Crippen MR) is 84.2 cm³/mol. The molecule has 2 atom stereocenters. The number of benzene rings is 1. The van der Waals surface area contributed by atoms with E-state index in [0.29, 0.717) is 0 Å². The summed E-state index contributed by atoms with van der Waals surface area (Å²) in [6.07, 6.45) is 0. The molecule has 1 aliphatic heterocycles. The lowest BCUT2D eigenvalue weighted by atomic mass is 9.84. The Bertz CT molecular complexity index is 587. The van der Waals surface area contributed by atoms with E-state index >= 15 is 0 Å². The Kier molecular flexibility index (Phi) is 3.83. The summed E-state index contributed by atoms with van der Waals surface area (Å²) in [7, 11) is 0. The lowest BCUT2D eigenvalue weighted by Crippen LogP contribution is -2.66. The summed E-state index contributed by atoms with van der Waals surface area (Å²) in [5.41, 5.74) is 2.77. The second kappa shape index (κ2) is 5.17. The topological polar surface area (TPSA) is 49.4 Å². The second-order valence-electron chi connectivity index (χ2n) is 6.96. The largest absolute Gasteiger partial charge is 0.342 e. The quantitative estimate of drug-likeness (QED) is 0.863. The number of aryl methyl sites for hydroxylation is 2. The van der Waals surface area contributed by atoms with Crippen molar-refractivity contribution >= 4 is 17.5 Å². The zero-order chi connectivity index (χ0) is 15.9. The Morgan fingerprint density at radius 3 is 2.24 bits per heavy atom. The third kappa shape index (κ3) is 2.80. The van der Waals surface area contributed by atoms with Gasteiger partial charge in [-0.25, -0.2) is 0 Å². The van der Waals surface area contributed by atoms with Crippen LogP contribution in [0.5, 0.6) is 0 Å². The average molecular weight is 288 g/mol. The van der Waals surface area contributed by atoms with Crippen LogP contribution in [-0.2, 0) is 9.59 Å². The monoisotopic (exact) mass is 288 g/mol. The number of hydrogen-bond acceptors (Lipinski definition) is 2. The summed E-state index contributed by atoms with van der Waals surface area (Å²) in [5.74, 6) is -0.148. The molecule has 0 bridgehead atoms. The van der Waals surface area contributed by atoms with Crippen LogP contribution in [0.1, 0.15) is 38.8 Å². The van der Waals surface area contributed by atoms with Gasteiger partial charge in [-0.15, -0.1) is 0 Å². The summed E-state index contributed by atoms with van der Waals surface area (Å²) in [5, 5.41) is 2.85. The average Bonchev–Trinajstić information content (AvgIpc) is 2.37. The van der Waals surface area contributed by atoms with E-state index in [9.17, 15) is 9.59 Å². The normalized spacial score (nSPS) is 23.2. The van der Waals surface area contributed by atoms with Crippen LogP contribution < -0.4 is 10.2 Å². The Morgan fingerprint density at radius 1 is 1.10 bits per heavy atom. The van der Waals surface area contributed by atoms with Crippen molar-refractivity contribution in [3.05, 3.63) is 29.3 Å². The maximum Gasteiger partial charge on any atom is 0.250 e. The summed E-state index contributed by atoms with van der Waals surface area (Å²) >= 11 is 0. The standard InChI is InChI=1S/C17H24N2O2/c1-10-7-8-13(9-11(10)2)19-12(3)15(20)18-14(16(19)21)17(4,5)6/h7-9,12,14H,1-6H3,(H,18,20). The van der Waals surface area contributed by atoms with Crippen LogP contribution in [0.25, 0.3) is 0 Å². The molecule has 2 amide bonds. The Balaban J connectivity index is 2.46. The third-order valence-corrected chi connectivity index (χ3v) is 4.17. The van der Waals surface area contributed by atoms with Gasteiger partial charge in [-0.05, 0) is 49.4 Å². The van der Waals surface area contributed by atoms with Crippen LogP contribution in [0, 0.1) is 19.3 Å². The van der Waals surface area contributed by atoms with Gasteiger partial charge in [0.2, 0.25) is 5.91 Å². The fourth-order valence-corrected chi connectivity index (χ4v) is 2.59. The molecule has 0 saturated carbocycles. The molecular formula is C17H24N2O2. The minimum Gasteiger partial charge on any atom is -0.342 e. The van der Waals surface area contributed by atoms with E-state index in [1.54, 1.807) is 11.8 Å². The van der Waals surface area contributed by atoms with Gasteiger partial charge in [-0.3, -0.25) is 14.5 Å². The molecule has 21 heavy (non-hydrogen) atoms. The lowest BCUT2D eigenvalue weighted by molar-refractivity contribution is -0.136. The first-order valence-corrected chi connectivity index (χ1v) is 7.33. The summed E-state index contributed by atoms with van der Waals surface area (Å²) in [6, 6.07) is 4.89. The molecule has 1 N–H and O–H groups in total. The van der Waals surface area contributed by atoms with Gasteiger partial charge in [-0.1, -0.05) is 26.8 Å². The molecule has 0 spiro atoms. The first-order valence-electron chi connectivity index (χ1n) is 7.33. The zero-order valence-corrected chi connectivity index (χ0v) is 13.7. The minimum absolute atomic E-state index is 0.0437. The first kappa shape index (κ1) is 15.5. The molecule has 1 aromatic carbocycles. The fourth-order valence-electron chi connectivity index (χ4n) is 2.59. The van der Waals surface area contributed by atoms with Crippen LogP contribution in [0.15, 0.2) is 18.2 Å². The predicted octanol–water partition coefficient (Wildman–Crippen LogP) is 2.57. The Morgan fingerprint density at radius 2 is 1.71 bits per heavy atom. The van der Waals surface area contributed by atoms with E-state index in [1.807, 2.05) is 52.8 Å². The van der Waals surface area contributed by atoms with Crippen molar-refractivity contribution < 1.29 is 9.59 Å². The van der Waals surface area contributed by atoms with E-state index in [0.717, 1.165) is 11.3 Å². The molecule has 2 unspecified atom stereocenters. The molecule has 0 aromatic heterocycles. The molecule has 1 heterocycles. The highest BCUT2D eigenvalue weighted by Gasteiger charge is 2.44. The summed E-state index contributed by atoms with van der Waals surface area (Å²) in [4.78, 5) is 26.7. The number of carbonyl (C=O) groups is 2. The van der Waals surface area contributed by atoms with Gasteiger partial charge in [0.1, 0.15) is 12.1 Å². The number of carbonyl (C=O) groups excluding carboxylic acids is 2. The molecule has 1 aromatic rings. The maximum absolute atomic E-state index is 12.8. The minimum atomic E-state index is -0.497. The Hall–Kier alpha value is -1.84. The number of rotatable bonds is 1. The number of amides is 2. The zero-order valence-electron chi connectivity index (χ0n) is 13.7. The SMILES string of the molecule is Cc1ccc(N2C(=O)C(C(C)(C)C)NC(=O)C2C)cc1C. The van der Waals surface area contributed by atoms with Crippen molar-refractivity contribution in [1.29, 1.82) is 0 Å². The van der Waals surface area contributed by atoms with Crippen LogP contribution in [-0.4, -0.2) is 23.9 Å². The van der Waals surface area contributed by atoms with Crippen molar-refractivity contribution in [3.63, 3.8) is 0 Å². The van der Waals surface area contributed by atoms with Crippen LogP contribution >= 0.6 is 0 Å². The van der Waals surface area contributed by atoms with Gasteiger partial charge in [0.05, 0.1) is 0 Å². The van der Waals surface area contributed by atoms with Crippen LogP contribution in [0.3, 0.4) is 0 Å². The molecule has 2 rings (SSSR count). The molecule has 1 saturated heterocycles. The molecular weight excluding hydrogens is 264 g/mol. The van der Waals surface area contributed by atoms with E-state index in [1.165, 1.54) is 5.56 Å². The lowest BCUT2D eigenvalue weighted by Gasteiger charge is -2.42. The van der Waals surface area contributed by atoms with E-state index in [-0.39, 0.29) is 17.2 Å². The molecule has 1 aliphatic rings. The molecule has 114 valence electrons. The summed E-state index contributed by atoms with van der Waals surface area (Å²) in [6.45, 7) is 11.7. The van der Waals surface area contributed by atoms with E-state index in [2.05, 4.69) is 5.32 Å². The number of nitrogens with zero attached hydrogens (tertiary/aromatic N) is 1. The Labute approximate surface area is 126 Å². The second-order valence-corrected chi connectivity index (χ2v) is 6.96. The third-order valence-electron chi connectivity index (χ3n) is 4.17. The van der Waals surface area contributed by atoms with Gasteiger partial charge in [0, 0.05) is 5.69 Å². The fraction of sp³-hybridized carbons (Fsp3) is 0.529. The highest BCUT2D eigenvalue weighted by molar-refractivity contribution is 6.08. The number of piperazine rings is 1. The maximum atomic E-state index is 12.8. The van der Waals surface area contributed by atoms with Crippen LogP contribution in [0.2, 0.25) is 0 Å². The van der Waals surface area contributed by atoms with Crippen molar-refractivity contribution in [2.45, 2.75) is 53.6 Å². The van der Waals surface area contributed by atoms with E-state index in [4.69, 9.17) is 0 Å². The smallest absolute Gasteiger partial charge is 0.250 e. The molecule has 4 nitrogen and oxygen atoms in total. The molecule has 0 aliphatic carbocycles. The summed E-state index contributed by atoms with van der Waals surface area (Å²) < 4.78 is 0. The van der Waals surface area contributed by atoms with Gasteiger partial charge in [0.25, 0.3) is 5.91 Å². The van der Waals surface area contributed by atoms with Crippen molar-refractivity contribution in [2.24, 2.45) is 5.41 Å². The first-order chi connectivity index (χ1) is 9.62. The van der Waals surface area contributed by atoms with Crippen molar-refractivity contribution in [2.75, 3.05) is 4.90 Å². The molecule has 1 fully saturated rings. The molecule has 4 heteroatoms. The van der Waals surface area contributed by atoms with Crippen LogP contribution in [0.4, 0.5) is 5.69 Å². The number of hydrogen-bond donors (Lipinski definition) is 1. The highest BCUT2D eigenvalue weighted by atomic mass is 16.2. The highest BCUT2D eigenvalue weighted by Crippen LogP contribution is 2.29. The van der Waals surface area contributed by atoms with Crippen molar-refractivity contribution in [1.82, 2.24) is 5.32 Å². The van der Waals surface area contributed by atoms with Gasteiger partial charge >= 0.3 is 0 Å². The van der Waals surface area contributed by atoms with Crippen molar-refractivity contribution in [3.8, 4) is 0 Å². The molecule has 0 radical (unpaired) electrons. The van der Waals surface area contributed by atoms with Gasteiger partial charge in [-0.2, -0.15) is 0 Å². The number of anilines is 1.